The second kappa shape index (κ2) is 5.53. The normalized spacial score (nSPS) is 10.4. The molecule has 3 nitrogen and oxygen atoms in total. The van der Waals surface area contributed by atoms with Crippen molar-refractivity contribution >= 4 is 29.2 Å². The third-order valence-corrected chi connectivity index (χ3v) is 3.37. The molecule has 0 aliphatic rings. The van der Waals surface area contributed by atoms with E-state index in [2.05, 4.69) is 10.2 Å². The molecule has 0 aliphatic carbocycles. The number of halogens is 1. The Kier molecular flexibility index (Phi) is 3.58. The van der Waals surface area contributed by atoms with Crippen LogP contribution in [0.1, 0.15) is 5.82 Å². The summed E-state index contributed by atoms with van der Waals surface area (Å²) in [6.45, 7) is 0. The van der Waals surface area contributed by atoms with E-state index in [0.717, 1.165) is 17.1 Å². The lowest BCUT2D eigenvalue weighted by molar-refractivity contribution is 1.05. The molecule has 0 radical (unpaired) electrons. The fraction of sp³-hybridized carbons (Fsp3) is 0. The minimum atomic E-state index is 0.635. The predicted octanol–water partition coefficient (Wildman–Crippen LogP) is 3.94. The van der Waals surface area contributed by atoms with E-state index in [1.54, 1.807) is 0 Å². The van der Waals surface area contributed by atoms with E-state index in [4.69, 9.17) is 23.8 Å². The summed E-state index contributed by atoms with van der Waals surface area (Å²) in [5.41, 5.74) is 1.91. The lowest BCUT2D eigenvalue weighted by Gasteiger charge is -2.08. The van der Waals surface area contributed by atoms with Crippen molar-refractivity contribution in [2.45, 2.75) is 0 Å². The van der Waals surface area contributed by atoms with Crippen molar-refractivity contribution in [3.8, 4) is 17.1 Å². The van der Waals surface area contributed by atoms with Gasteiger partial charge in [-0.05, 0) is 36.4 Å². The molecule has 0 saturated carbocycles. The fourth-order valence-corrected chi connectivity index (χ4v) is 2.27. The van der Waals surface area contributed by atoms with Crippen molar-refractivity contribution in [3.63, 3.8) is 0 Å². The third-order valence-electron chi connectivity index (χ3n) is 2.91. The van der Waals surface area contributed by atoms with Gasteiger partial charge in [-0.25, -0.2) is 0 Å². The summed E-state index contributed by atoms with van der Waals surface area (Å²) in [6, 6.07) is 17.4. The fourth-order valence-electron chi connectivity index (χ4n) is 1.99. The Morgan fingerprint density at radius 2 is 1.65 bits per heavy atom. The Morgan fingerprint density at radius 1 is 0.950 bits per heavy atom. The molecule has 1 aromatic heterocycles. The van der Waals surface area contributed by atoms with E-state index >= 15 is 0 Å². The van der Waals surface area contributed by atoms with Crippen molar-refractivity contribution in [1.82, 2.24) is 14.8 Å². The van der Waals surface area contributed by atoms with E-state index in [1.165, 1.54) is 5.37 Å². The predicted molar refractivity (Wildman–Crippen MR) is 84.6 cm³/mol. The van der Waals surface area contributed by atoms with Crippen molar-refractivity contribution in [1.29, 1.82) is 0 Å². The third kappa shape index (κ3) is 2.35. The maximum absolute atomic E-state index is 5.92. The number of nitrogens with zero attached hydrogens (tertiary/aromatic N) is 3. The van der Waals surface area contributed by atoms with Gasteiger partial charge >= 0.3 is 0 Å². The highest BCUT2D eigenvalue weighted by molar-refractivity contribution is 7.79. The summed E-state index contributed by atoms with van der Waals surface area (Å²) >= 11 is 10.9. The quantitative estimate of drug-likeness (QED) is 0.686. The van der Waals surface area contributed by atoms with E-state index in [9.17, 15) is 0 Å². The van der Waals surface area contributed by atoms with Crippen LogP contribution in [0.4, 0.5) is 0 Å². The molecular weight excluding hydrogens is 290 g/mol. The van der Waals surface area contributed by atoms with Crippen LogP contribution < -0.4 is 0 Å². The monoisotopic (exact) mass is 299 g/mol. The molecule has 0 aliphatic heterocycles. The van der Waals surface area contributed by atoms with Gasteiger partial charge in [-0.2, -0.15) is 0 Å². The van der Waals surface area contributed by atoms with Gasteiger partial charge in [-0.3, -0.25) is 4.57 Å². The number of aromatic nitrogens is 3. The molecule has 0 amide bonds. The van der Waals surface area contributed by atoms with E-state index in [1.807, 2.05) is 59.2 Å². The Labute approximate surface area is 126 Å². The first kappa shape index (κ1) is 13.0. The van der Waals surface area contributed by atoms with Crippen LogP contribution >= 0.6 is 23.8 Å². The smallest absolute Gasteiger partial charge is 0.172 e. The van der Waals surface area contributed by atoms with Crippen LogP contribution in [0.3, 0.4) is 0 Å². The highest BCUT2D eigenvalue weighted by atomic mass is 35.5. The maximum atomic E-state index is 5.92. The Balaban J connectivity index is 2.20. The highest BCUT2D eigenvalue weighted by Crippen LogP contribution is 2.23. The minimum Gasteiger partial charge on any atom is -0.275 e. The average Bonchev–Trinajstić information content (AvgIpc) is 2.93. The van der Waals surface area contributed by atoms with E-state index in [-0.39, 0.29) is 0 Å². The zero-order valence-corrected chi connectivity index (χ0v) is 12.0. The Hall–Kier alpha value is -2.04. The Bertz CT molecular complexity index is 736. The van der Waals surface area contributed by atoms with Gasteiger partial charge in [0.15, 0.2) is 11.6 Å². The molecule has 20 heavy (non-hydrogen) atoms. The summed E-state index contributed by atoms with van der Waals surface area (Å²) in [5, 5.41) is 10.6. The first-order chi connectivity index (χ1) is 9.79. The lowest BCUT2D eigenvalue weighted by atomic mass is 10.2. The van der Waals surface area contributed by atoms with Crippen LogP contribution in [-0.4, -0.2) is 20.1 Å². The van der Waals surface area contributed by atoms with Gasteiger partial charge in [-0.1, -0.05) is 42.0 Å². The van der Waals surface area contributed by atoms with Gasteiger partial charge in [0.1, 0.15) is 0 Å². The van der Waals surface area contributed by atoms with Gasteiger partial charge in [0.2, 0.25) is 0 Å². The molecule has 0 bridgehead atoms. The molecule has 0 spiro atoms. The van der Waals surface area contributed by atoms with Crippen LogP contribution in [-0.2, 0) is 0 Å². The number of benzene rings is 2. The van der Waals surface area contributed by atoms with Gasteiger partial charge in [0.05, 0.1) is 0 Å². The second-order valence-electron chi connectivity index (χ2n) is 4.18. The number of rotatable bonds is 3. The number of hydrogen-bond acceptors (Lipinski definition) is 3. The standard InChI is InChI=1S/C15H10ClN3S/c16-12-8-6-11(7-9-12)15-18-17-14(10-20)19(15)13-4-2-1-3-5-13/h1-10H. The molecule has 5 heteroatoms. The molecule has 0 N–H and O–H groups in total. The van der Waals surface area contributed by atoms with E-state index < -0.39 is 0 Å². The maximum Gasteiger partial charge on any atom is 0.172 e. The lowest BCUT2D eigenvalue weighted by Crippen LogP contribution is -2.01. The zero-order chi connectivity index (χ0) is 13.9. The molecule has 0 fully saturated rings. The highest BCUT2D eigenvalue weighted by Gasteiger charge is 2.13. The zero-order valence-electron chi connectivity index (χ0n) is 10.4. The minimum absolute atomic E-state index is 0.635. The summed E-state index contributed by atoms with van der Waals surface area (Å²) in [7, 11) is 0. The largest absolute Gasteiger partial charge is 0.275 e. The Morgan fingerprint density at radius 3 is 2.30 bits per heavy atom. The molecular formula is C15H10ClN3S. The molecule has 1 heterocycles. The van der Waals surface area contributed by atoms with Crippen LogP contribution in [0.25, 0.3) is 17.1 Å². The van der Waals surface area contributed by atoms with Gasteiger partial charge in [-0.15, -0.1) is 10.2 Å². The number of hydrogen-bond donors (Lipinski definition) is 0. The van der Waals surface area contributed by atoms with Crippen LogP contribution in [0, 0.1) is 0 Å². The molecule has 0 unspecified atom stereocenters. The topological polar surface area (TPSA) is 30.7 Å². The summed E-state index contributed by atoms with van der Waals surface area (Å²) < 4.78 is 1.93. The van der Waals surface area contributed by atoms with Crippen molar-refractivity contribution in [2.24, 2.45) is 0 Å². The molecule has 2 aromatic carbocycles. The molecule has 3 aromatic rings. The van der Waals surface area contributed by atoms with Crippen LogP contribution in [0.5, 0.6) is 0 Å². The SMILES string of the molecule is S=Cc1nnc(-c2ccc(Cl)cc2)n1-c1ccccc1. The summed E-state index contributed by atoms with van der Waals surface area (Å²) in [5.74, 6) is 1.38. The van der Waals surface area contributed by atoms with Crippen molar-refractivity contribution in [2.75, 3.05) is 0 Å². The van der Waals surface area contributed by atoms with Gasteiger partial charge in [0.25, 0.3) is 0 Å². The van der Waals surface area contributed by atoms with E-state index in [0.29, 0.717) is 10.8 Å². The van der Waals surface area contributed by atoms with Crippen molar-refractivity contribution < 1.29 is 0 Å². The molecule has 0 saturated heterocycles. The number of para-hydroxylation sites is 1. The van der Waals surface area contributed by atoms with Gasteiger partial charge in [0, 0.05) is 21.6 Å². The first-order valence-electron chi connectivity index (χ1n) is 6.01. The molecule has 98 valence electrons. The van der Waals surface area contributed by atoms with Crippen LogP contribution in [0.2, 0.25) is 5.02 Å². The van der Waals surface area contributed by atoms with Crippen LogP contribution in [0.15, 0.2) is 54.6 Å². The summed E-state index contributed by atoms with van der Waals surface area (Å²) in [6.07, 6.45) is 0. The second-order valence-corrected chi connectivity index (χ2v) is 4.85. The average molecular weight is 300 g/mol. The summed E-state index contributed by atoms with van der Waals surface area (Å²) in [4.78, 5) is 0. The van der Waals surface area contributed by atoms with Crippen molar-refractivity contribution in [3.05, 3.63) is 65.4 Å². The molecule has 0 atom stereocenters. The molecule has 3 rings (SSSR count). The number of thiocarbonyl (C=S) groups is 1. The van der Waals surface area contributed by atoms with Gasteiger partial charge < -0.3 is 0 Å². The first-order valence-corrected chi connectivity index (χ1v) is 6.86.